The predicted molar refractivity (Wildman–Crippen MR) is 124 cm³/mol. The average molecular weight is 445 g/mol. The van der Waals surface area contributed by atoms with Crippen molar-refractivity contribution in [3.63, 3.8) is 0 Å². The van der Waals surface area contributed by atoms with Crippen molar-refractivity contribution >= 4 is 11.6 Å². The van der Waals surface area contributed by atoms with Crippen LogP contribution in [0.5, 0.6) is 0 Å². The van der Waals surface area contributed by atoms with Gasteiger partial charge in [0.05, 0.1) is 24.4 Å². The van der Waals surface area contributed by atoms with Gasteiger partial charge in [-0.05, 0) is 61.4 Å². The zero-order valence-electron chi connectivity index (χ0n) is 18.8. The number of hydrogen-bond donors (Lipinski definition) is 1. The molecule has 172 valence electrons. The summed E-state index contributed by atoms with van der Waals surface area (Å²) in [5.74, 6) is 0.455. The van der Waals surface area contributed by atoms with Crippen molar-refractivity contribution in [2.24, 2.45) is 4.99 Å². The van der Waals surface area contributed by atoms with Crippen LogP contribution in [0, 0.1) is 0 Å². The van der Waals surface area contributed by atoms with E-state index in [4.69, 9.17) is 4.74 Å². The summed E-state index contributed by atoms with van der Waals surface area (Å²) in [6, 6.07) is 12.5. The van der Waals surface area contributed by atoms with E-state index in [1.54, 1.807) is 12.1 Å². The number of rotatable bonds is 8. The Balaban J connectivity index is 1.78. The zero-order valence-corrected chi connectivity index (χ0v) is 18.8. The molecule has 0 radical (unpaired) electrons. The number of alkyl halides is 3. The molecule has 0 saturated carbocycles. The van der Waals surface area contributed by atoms with E-state index in [-0.39, 0.29) is 17.3 Å². The van der Waals surface area contributed by atoms with E-state index in [1.807, 2.05) is 12.1 Å². The number of nitrogens with zero attached hydrogens (tertiary/aromatic N) is 1. The van der Waals surface area contributed by atoms with Gasteiger partial charge in [0.15, 0.2) is 0 Å². The van der Waals surface area contributed by atoms with E-state index in [1.165, 1.54) is 12.7 Å². The molecule has 2 aromatic rings. The zero-order chi connectivity index (χ0) is 23.1. The van der Waals surface area contributed by atoms with Gasteiger partial charge in [-0.1, -0.05) is 56.3 Å². The first-order chi connectivity index (χ1) is 15.3. The lowest BCUT2D eigenvalue weighted by molar-refractivity contribution is -0.138. The van der Waals surface area contributed by atoms with Crippen molar-refractivity contribution in [1.29, 1.82) is 0 Å². The maximum Gasteiger partial charge on any atom is 0.416 e. The van der Waals surface area contributed by atoms with Crippen molar-refractivity contribution in [3.8, 4) is 0 Å². The Hall–Kier alpha value is -2.60. The first-order valence-electron chi connectivity index (χ1n) is 11.1. The molecule has 0 aromatic heterocycles. The van der Waals surface area contributed by atoms with Crippen LogP contribution in [0.3, 0.4) is 0 Å². The Bertz CT molecular complexity index is 943. The summed E-state index contributed by atoms with van der Waals surface area (Å²) in [6.45, 7) is 6.88. The van der Waals surface area contributed by atoms with Crippen molar-refractivity contribution in [3.05, 3.63) is 76.9 Å². The summed E-state index contributed by atoms with van der Waals surface area (Å²) in [5, 5.41) is 3.27. The Morgan fingerprint density at radius 3 is 2.34 bits per heavy atom. The molecule has 1 saturated heterocycles. The van der Waals surface area contributed by atoms with Gasteiger partial charge in [0.25, 0.3) is 0 Å². The second kappa shape index (κ2) is 10.8. The van der Waals surface area contributed by atoms with Crippen molar-refractivity contribution < 1.29 is 17.9 Å². The van der Waals surface area contributed by atoms with E-state index < -0.39 is 11.7 Å². The third-order valence-electron chi connectivity index (χ3n) is 5.81. The van der Waals surface area contributed by atoms with E-state index in [9.17, 15) is 13.2 Å². The average Bonchev–Trinajstić information content (AvgIpc) is 3.31. The van der Waals surface area contributed by atoms with Gasteiger partial charge in [0.2, 0.25) is 5.90 Å². The third-order valence-corrected chi connectivity index (χ3v) is 5.81. The molecule has 0 aliphatic carbocycles. The molecule has 1 aliphatic rings. The molecule has 0 bridgehead atoms. The lowest BCUT2D eigenvalue weighted by Crippen LogP contribution is -2.31. The van der Waals surface area contributed by atoms with E-state index in [0.29, 0.717) is 24.3 Å². The largest absolute Gasteiger partial charge is 0.483 e. The maximum absolute atomic E-state index is 13.8. The van der Waals surface area contributed by atoms with Crippen LogP contribution in [0.1, 0.15) is 54.0 Å². The summed E-state index contributed by atoms with van der Waals surface area (Å²) in [4.78, 5) is 4.39. The molecule has 1 heterocycles. The fraction of sp³-hybridized carbons (Fsp3) is 0.423. The highest BCUT2D eigenvalue weighted by molar-refractivity contribution is 5.87. The standard InChI is InChI=1S/C26H31F3N2O/c1-4-6-19-8-10-20(11-9-19)12-13-21-14-15-22(17-23(21)26(27,28)29)18(2)31-25(32-3)24-7-5-16-30-24/h8-11,14-15,17,24,30H,2,4-7,12-13,16H2,1,3H3/b31-25-. The van der Waals surface area contributed by atoms with Gasteiger partial charge >= 0.3 is 6.18 Å². The first kappa shape index (κ1) is 24.1. The topological polar surface area (TPSA) is 33.6 Å². The molecule has 3 rings (SSSR count). The van der Waals surface area contributed by atoms with E-state index >= 15 is 0 Å². The molecule has 1 atom stereocenters. The summed E-state index contributed by atoms with van der Waals surface area (Å²) in [6.07, 6.45) is 0.382. The minimum absolute atomic E-state index is 0.0261. The van der Waals surface area contributed by atoms with Crippen molar-refractivity contribution in [1.82, 2.24) is 5.32 Å². The maximum atomic E-state index is 13.8. The highest BCUT2D eigenvalue weighted by Gasteiger charge is 2.33. The van der Waals surface area contributed by atoms with Gasteiger partial charge in [-0.3, -0.25) is 0 Å². The SMILES string of the molecule is C=C(/N=C(\OC)C1CCCN1)c1ccc(CCc2ccc(CCC)cc2)c(C(F)(F)F)c1. The normalized spacial score (nSPS) is 16.9. The van der Waals surface area contributed by atoms with Crippen LogP contribution in [0.15, 0.2) is 54.0 Å². The lowest BCUT2D eigenvalue weighted by Gasteiger charge is -2.16. The molecule has 3 nitrogen and oxygen atoms in total. The minimum atomic E-state index is -4.45. The minimum Gasteiger partial charge on any atom is -0.483 e. The monoisotopic (exact) mass is 444 g/mol. The summed E-state index contributed by atoms with van der Waals surface area (Å²) in [7, 11) is 1.52. The van der Waals surface area contributed by atoms with Gasteiger partial charge in [0.1, 0.15) is 0 Å². The van der Waals surface area contributed by atoms with Crippen molar-refractivity contribution in [2.45, 2.75) is 57.7 Å². The van der Waals surface area contributed by atoms with Crippen LogP contribution in [-0.2, 0) is 30.2 Å². The molecule has 1 N–H and O–H groups in total. The Morgan fingerprint density at radius 2 is 1.78 bits per heavy atom. The molecule has 32 heavy (non-hydrogen) atoms. The molecule has 1 aliphatic heterocycles. The molecule has 1 fully saturated rings. The summed E-state index contributed by atoms with van der Waals surface area (Å²) >= 11 is 0. The number of methoxy groups -OCH3 is 1. The molecular formula is C26H31F3N2O. The number of benzene rings is 2. The van der Waals surface area contributed by atoms with E-state index in [0.717, 1.165) is 43.9 Å². The Kier molecular flexibility index (Phi) is 8.13. The predicted octanol–water partition coefficient (Wildman–Crippen LogP) is 6.21. The van der Waals surface area contributed by atoms with Gasteiger partial charge < -0.3 is 10.1 Å². The number of ether oxygens (including phenoxy) is 1. The smallest absolute Gasteiger partial charge is 0.416 e. The molecule has 1 unspecified atom stereocenters. The van der Waals surface area contributed by atoms with Crippen LogP contribution >= 0.6 is 0 Å². The number of nitrogens with one attached hydrogen (secondary N) is 1. The highest BCUT2D eigenvalue weighted by atomic mass is 19.4. The van der Waals surface area contributed by atoms with Gasteiger partial charge in [-0.2, -0.15) is 13.2 Å². The fourth-order valence-corrected chi connectivity index (χ4v) is 4.04. The van der Waals surface area contributed by atoms with Gasteiger partial charge in [-0.25, -0.2) is 4.99 Å². The van der Waals surface area contributed by atoms with Gasteiger partial charge in [-0.15, -0.1) is 0 Å². The quantitative estimate of drug-likeness (QED) is 0.388. The van der Waals surface area contributed by atoms with Crippen LogP contribution in [0.25, 0.3) is 5.70 Å². The number of aryl methyl sites for hydroxylation is 3. The number of aliphatic imine (C=N–C) groups is 1. The molecule has 0 amide bonds. The third kappa shape index (κ3) is 6.22. The van der Waals surface area contributed by atoms with Crippen LogP contribution < -0.4 is 5.32 Å². The lowest BCUT2D eigenvalue weighted by atomic mass is 9.96. The molecule has 6 heteroatoms. The van der Waals surface area contributed by atoms with Crippen LogP contribution in [-0.4, -0.2) is 25.6 Å². The molecule has 2 aromatic carbocycles. The summed E-state index contributed by atoms with van der Waals surface area (Å²) < 4.78 is 46.9. The van der Waals surface area contributed by atoms with Crippen LogP contribution in [0.2, 0.25) is 0 Å². The second-order valence-electron chi connectivity index (χ2n) is 8.19. The van der Waals surface area contributed by atoms with Crippen molar-refractivity contribution in [2.75, 3.05) is 13.7 Å². The summed E-state index contributed by atoms with van der Waals surface area (Å²) in [5.41, 5.74) is 2.53. The van der Waals surface area contributed by atoms with E-state index in [2.05, 4.69) is 35.9 Å². The Morgan fingerprint density at radius 1 is 1.09 bits per heavy atom. The molecular weight excluding hydrogens is 413 g/mol. The Labute approximate surface area is 188 Å². The molecule has 0 spiro atoms. The van der Waals surface area contributed by atoms with Crippen LogP contribution in [0.4, 0.5) is 13.2 Å². The number of hydrogen-bond acceptors (Lipinski definition) is 3. The van der Waals surface area contributed by atoms with Gasteiger partial charge in [0, 0.05) is 5.56 Å². The highest BCUT2D eigenvalue weighted by Crippen LogP contribution is 2.34. The number of halogens is 3. The second-order valence-corrected chi connectivity index (χ2v) is 8.19. The fourth-order valence-electron chi connectivity index (χ4n) is 4.04. The first-order valence-corrected chi connectivity index (χ1v) is 11.1.